The van der Waals surface area contributed by atoms with Crippen LogP contribution in [0.15, 0.2) is 53.7 Å². The molecular weight excluding hydrogens is 537 g/mol. The zero-order valence-electron chi connectivity index (χ0n) is 21.2. The molecule has 11 nitrogen and oxygen atoms in total. The molecule has 38 heavy (non-hydrogen) atoms. The highest BCUT2D eigenvalue weighted by Gasteiger charge is 2.39. The van der Waals surface area contributed by atoms with Gasteiger partial charge in [0.1, 0.15) is 24.6 Å². The SMILES string of the molecule is CNC(=O)N(/C=C(/Cl)C=O)C1CC(O)C(COP(NCC(=O)OC(C)C)Oc2cccc3ccccc23)O1. The Bertz CT molecular complexity index is 1150. The normalized spacial score (nSPS) is 20.3. The smallest absolute Gasteiger partial charge is 0.323 e. The largest absolute Gasteiger partial charge is 0.462 e. The molecule has 0 aromatic heterocycles. The van der Waals surface area contributed by atoms with E-state index in [4.69, 9.17) is 30.1 Å². The predicted octanol–water partition coefficient (Wildman–Crippen LogP) is 3.40. The van der Waals surface area contributed by atoms with Crippen LogP contribution in [0.5, 0.6) is 5.75 Å². The number of allylic oxidation sites excluding steroid dienone is 1. The van der Waals surface area contributed by atoms with E-state index in [1.165, 1.54) is 7.05 Å². The molecule has 1 saturated heterocycles. The first kappa shape index (κ1) is 29.8. The van der Waals surface area contributed by atoms with E-state index in [1.807, 2.05) is 36.4 Å². The second-order valence-electron chi connectivity index (χ2n) is 8.52. The van der Waals surface area contributed by atoms with Gasteiger partial charge in [0, 0.05) is 25.1 Å². The van der Waals surface area contributed by atoms with Gasteiger partial charge in [0.25, 0.3) is 0 Å². The molecule has 206 valence electrons. The van der Waals surface area contributed by atoms with Crippen molar-refractivity contribution in [1.29, 1.82) is 0 Å². The summed E-state index contributed by atoms with van der Waals surface area (Å²) in [5, 5.41) is 17.6. The van der Waals surface area contributed by atoms with Crippen LogP contribution in [0.2, 0.25) is 0 Å². The van der Waals surface area contributed by atoms with Gasteiger partial charge in [0.05, 0.1) is 23.8 Å². The molecule has 0 radical (unpaired) electrons. The number of benzene rings is 2. The standard InChI is InChI=1S/C25H31ClN3O8P/c1-16(2)35-24(32)12-28-38(37-21-10-6-8-17-7-4-5-9-19(17)21)34-15-22-20(31)11-23(36-22)29(25(33)27-3)13-18(26)14-30/h4-10,13-14,16,20,22-23,28,31H,11-12,15H2,1-3H3,(H,27,33)/b18-13+. The van der Waals surface area contributed by atoms with E-state index in [1.54, 1.807) is 19.9 Å². The van der Waals surface area contributed by atoms with E-state index in [9.17, 15) is 19.5 Å². The first-order valence-electron chi connectivity index (χ1n) is 11.9. The molecule has 4 atom stereocenters. The van der Waals surface area contributed by atoms with Crippen LogP contribution in [-0.2, 0) is 23.6 Å². The molecule has 13 heteroatoms. The summed E-state index contributed by atoms with van der Waals surface area (Å²) in [5.41, 5.74) is 0. The van der Waals surface area contributed by atoms with Gasteiger partial charge in [-0.2, -0.15) is 0 Å². The first-order chi connectivity index (χ1) is 18.2. The lowest BCUT2D eigenvalue weighted by atomic mass is 10.1. The van der Waals surface area contributed by atoms with Gasteiger partial charge in [-0.3, -0.25) is 14.5 Å². The molecule has 2 amide bonds. The van der Waals surface area contributed by atoms with Gasteiger partial charge in [-0.1, -0.05) is 48.0 Å². The second kappa shape index (κ2) is 14.4. The van der Waals surface area contributed by atoms with Crippen LogP contribution in [0, 0.1) is 0 Å². The van der Waals surface area contributed by atoms with Crippen LogP contribution in [0.4, 0.5) is 4.79 Å². The number of amides is 2. The van der Waals surface area contributed by atoms with Crippen molar-refractivity contribution in [2.24, 2.45) is 0 Å². The summed E-state index contributed by atoms with van der Waals surface area (Å²) < 4.78 is 23.1. The fraction of sp³-hybridized carbons (Fsp3) is 0.400. The Labute approximate surface area is 227 Å². The number of nitrogens with one attached hydrogen (secondary N) is 2. The average Bonchev–Trinajstić information content (AvgIpc) is 3.27. The summed E-state index contributed by atoms with van der Waals surface area (Å²) in [7, 11) is -0.464. The van der Waals surface area contributed by atoms with E-state index in [0.717, 1.165) is 21.9 Å². The quantitative estimate of drug-likeness (QED) is 0.153. The molecule has 1 fully saturated rings. The van der Waals surface area contributed by atoms with Crippen LogP contribution >= 0.6 is 20.1 Å². The molecule has 3 rings (SSSR count). The number of carbonyl (C=O) groups excluding carboxylic acids is 3. The summed E-state index contributed by atoms with van der Waals surface area (Å²) >= 11 is 5.79. The summed E-state index contributed by atoms with van der Waals surface area (Å²) in [4.78, 5) is 36.5. The van der Waals surface area contributed by atoms with Crippen LogP contribution < -0.4 is 14.9 Å². The van der Waals surface area contributed by atoms with E-state index in [0.29, 0.717) is 12.0 Å². The predicted molar refractivity (Wildman–Crippen MR) is 142 cm³/mol. The topological polar surface area (TPSA) is 136 Å². The molecule has 0 saturated carbocycles. The second-order valence-corrected chi connectivity index (χ2v) is 10.2. The third kappa shape index (κ3) is 8.36. The van der Waals surface area contributed by atoms with Gasteiger partial charge >= 0.3 is 20.5 Å². The Morgan fingerprint density at radius 1 is 1.26 bits per heavy atom. The van der Waals surface area contributed by atoms with Crippen LogP contribution in [0.1, 0.15) is 20.3 Å². The highest BCUT2D eigenvalue weighted by atomic mass is 35.5. The average molecular weight is 568 g/mol. The maximum absolute atomic E-state index is 12.3. The van der Waals surface area contributed by atoms with Gasteiger partial charge in [0.15, 0.2) is 6.29 Å². The first-order valence-corrected chi connectivity index (χ1v) is 13.4. The molecule has 0 aliphatic carbocycles. The Morgan fingerprint density at radius 2 is 2.00 bits per heavy atom. The maximum Gasteiger partial charge on any atom is 0.323 e. The number of ether oxygens (including phenoxy) is 2. The fourth-order valence-corrected chi connectivity index (χ4v) is 4.84. The van der Waals surface area contributed by atoms with Crippen LogP contribution in [-0.4, -0.2) is 73.0 Å². The lowest BCUT2D eigenvalue weighted by Gasteiger charge is -2.25. The maximum atomic E-state index is 12.3. The Hall–Kier alpha value is -2.79. The van der Waals surface area contributed by atoms with Gasteiger partial charge in [0.2, 0.25) is 0 Å². The van der Waals surface area contributed by atoms with Gasteiger partial charge in [-0.05, 0) is 25.3 Å². The number of carbonyl (C=O) groups is 3. The number of halogens is 1. The zero-order valence-corrected chi connectivity index (χ0v) is 22.9. The molecule has 1 aliphatic rings. The number of aliphatic hydroxyl groups excluding tert-OH is 1. The number of nitrogens with zero attached hydrogens (tertiary/aromatic N) is 1. The number of aldehydes is 1. The van der Waals surface area contributed by atoms with Gasteiger partial charge in [-0.15, -0.1) is 0 Å². The molecule has 2 aromatic carbocycles. The minimum Gasteiger partial charge on any atom is -0.462 e. The summed E-state index contributed by atoms with van der Waals surface area (Å²) in [6.45, 7) is 3.22. The number of urea groups is 1. The number of aliphatic hydroxyl groups is 1. The molecule has 0 spiro atoms. The fourth-order valence-electron chi connectivity index (χ4n) is 3.64. The van der Waals surface area contributed by atoms with Crippen molar-refractivity contribution in [2.45, 2.75) is 44.8 Å². The van der Waals surface area contributed by atoms with Crippen molar-refractivity contribution >= 4 is 49.2 Å². The third-order valence-electron chi connectivity index (χ3n) is 5.34. The lowest BCUT2D eigenvalue weighted by Crippen LogP contribution is -2.42. The van der Waals surface area contributed by atoms with E-state index in [-0.39, 0.29) is 30.7 Å². The molecule has 1 heterocycles. The number of rotatable bonds is 12. The summed E-state index contributed by atoms with van der Waals surface area (Å²) in [6, 6.07) is 12.7. The number of esters is 1. The van der Waals surface area contributed by atoms with Gasteiger partial charge < -0.3 is 28.9 Å². The summed E-state index contributed by atoms with van der Waals surface area (Å²) in [6.07, 6.45) is -1.43. The molecule has 2 aromatic rings. The Balaban J connectivity index is 1.71. The third-order valence-corrected chi connectivity index (χ3v) is 6.69. The van der Waals surface area contributed by atoms with Gasteiger partial charge in [-0.25, -0.2) is 9.88 Å². The molecule has 0 bridgehead atoms. The van der Waals surface area contributed by atoms with Crippen LogP contribution in [0.3, 0.4) is 0 Å². The molecular formula is C25H31ClN3O8P. The highest BCUT2D eigenvalue weighted by Crippen LogP contribution is 2.39. The van der Waals surface area contributed by atoms with Crippen molar-refractivity contribution in [3.63, 3.8) is 0 Å². The van der Waals surface area contributed by atoms with Crippen molar-refractivity contribution in [1.82, 2.24) is 15.3 Å². The number of fused-ring (bicyclic) bond motifs is 1. The minimum atomic E-state index is -1.88. The van der Waals surface area contributed by atoms with E-state index < -0.39 is 39.0 Å². The Kier molecular flexibility index (Phi) is 11.3. The lowest BCUT2D eigenvalue weighted by molar-refractivity contribution is -0.145. The van der Waals surface area contributed by atoms with E-state index >= 15 is 0 Å². The molecule has 4 unspecified atom stereocenters. The highest BCUT2D eigenvalue weighted by molar-refractivity contribution is 7.45. The van der Waals surface area contributed by atoms with Crippen molar-refractivity contribution in [3.8, 4) is 5.75 Å². The minimum absolute atomic E-state index is 0.0528. The monoisotopic (exact) mass is 567 g/mol. The zero-order chi connectivity index (χ0) is 27.7. The molecule has 3 N–H and O–H groups in total. The number of hydrogen-bond donors (Lipinski definition) is 3. The van der Waals surface area contributed by atoms with E-state index in [2.05, 4.69) is 10.4 Å². The molecule has 1 aliphatic heterocycles. The van der Waals surface area contributed by atoms with Crippen LogP contribution in [0.25, 0.3) is 10.8 Å². The summed E-state index contributed by atoms with van der Waals surface area (Å²) in [5.74, 6) is 0.0686. The van der Waals surface area contributed by atoms with Crippen molar-refractivity contribution in [3.05, 3.63) is 53.7 Å². The number of hydrogen-bond acceptors (Lipinski definition) is 9. The Morgan fingerprint density at radius 3 is 2.71 bits per heavy atom. The van der Waals surface area contributed by atoms with Crippen molar-refractivity contribution < 1.29 is 38.0 Å². The van der Waals surface area contributed by atoms with Crippen molar-refractivity contribution in [2.75, 3.05) is 20.2 Å².